The van der Waals surface area contributed by atoms with Gasteiger partial charge >= 0.3 is 0 Å². The molecule has 0 aromatic heterocycles. The molecule has 0 radical (unpaired) electrons. The molecule has 0 unspecified atom stereocenters. The fourth-order valence-corrected chi connectivity index (χ4v) is 4.90. The number of quaternary nitrogens is 1. The minimum absolute atomic E-state index is 0.0574. The largest absolute Gasteiger partial charge is 0.335 e. The normalized spacial score (nSPS) is 23.7. The highest BCUT2D eigenvalue weighted by atomic mass is 32.2. The first-order chi connectivity index (χ1) is 12.4. The number of likely N-dealkylation sites (N-methyl/N-ethyl adjacent to an activating group) is 1. The molecule has 2 aliphatic rings. The molecule has 2 N–H and O–H groups in total. The molecule has 0 spiro atoms. The molecule has 2 saturated heterocycles. The van der Waals surface area contributed by atoms with E-state index in [-0.39, 0.29) is 23.3 Å². The number of nitrogens with one attached hydrogen (secondary N) is 2. The number of carbonyl (C=O) groups excluding carboxylic acids is 1. The molecule has 1 amide bonds. The van der Waals surface area contributed by atoms with Crippen molar-refractivity contribution in [1.29, 1.82) is 0 Å². The van der Waals surface area contributed by atoms with Crippen LogP contribution in [-0.4, -0.2) is 70.0 Å². The molecule has 0 bridgehead atoms. The first-order valence-corrected chi connectivity index (χ1v) is 10.4. The molecule has 2 fully saturated rings. The van der Waals surface area contributed by atoms with Gasteiger partial charge in [-0.1, -0.05) is 0 Å². The number of piperidine rings is 1. The molecule has 2 heterocycles. The van der Waals surface area contributed by atoms with Crippen molar-refractivity contribution in [1.82, 2.24) is 14.7 Å². The van der Waals surface area contributed by atoms with Crippen LogP contribution in [0.4, 0.5) is 4.39 Å². The van der Waals surface area contributed by atoms with Gasteiger partial charge in [0.15, 0.2) is 0 Å². The minimum atomic E-state index is -3.72. The van der Waals surface area contributed by atoms with Crippen LogP contribution < -0.4 is 10.3 Å². The summed E-state index contributed by atoms with van der Waals surface area (Å²) in [5, 5.41) is 1.92. The zero-order valence-electron chi connectivity index (χ0n) is 14.9. The molecule has 9 heteroatoms. The number of carbonyl (C=O) groups is 1. The van der Waals surface area contributed by atoms with E-state index in [0.717, 1.165) is 38.3 Å². The van der Waals surface area contributed by atoms with Gasteiger partial charge in [-0.3, -0.25) is 10.2 Å². The SMILES string of the molecule is C[NH+]1CCN(NC(=O)[C@@H]2CCCN(S(=O)(=O)c3ccc(F)cc3)C2)CC1. The predicted octanol–water partition coefficient (Wildman–Crippen LogP) is -0.912. The maximum Gasteiger partial charge on any atom is 0.243 e. The van der Waals surface area contributed by atoms with Gasteiger partial charge in [0, 0.05) is 13.1 Å². The van der Waals surface area contributed by atoms with Crippen molar-refractivity contribution in [2.45, 2.75) is 17.7 Å². The van der Waals surface area contributed by atoms with Gasteiger partial charge in [-0.2, -0.15) is 4.31 Å². The Bertz CT molecular complexity index is 733. The van der Waals surface area contributed by atoms with Crippen LogP contribution in [-0.2, 0) is 14.8 Å². The lowest BCUT2D eigenvalue weighted by molar-refractivity contribution is -0.884. The molecule has 1 atom stereocenters. The Morgan fingerprint density at radius 3 is 2.50 bits per heavy atom. The number of hydrogen-bond acceptors (Lipinski definition) is 4. The molecule has 144 valence electrons. The second-order valence-corrected chi connectivity index (χ2v) is 9.01. The number of rotatable bonds is 4. The molecule has 3 rings (SSSR count). The quantitative estimate of drug-likeness (QED) is 0.704. The summed E-state index contributed by atoms with van der Waals surface area (Å²) in [5.74, 6) is -0.969. The highest BCUT2D eigenvalue weighted by Gasteiger charge is 2.34. The molecule has 0 saturated carbocycles. The molecular formula is C17H26FN4O3S+. The van der Waals surface area contributed by atoms with Crippen molar-refractivity contribution in [2.75, 3.05) is 46.3 Å². The van der Waals surface area contributed by atoms with Crippen molar-refractivity contribution in [3.05, 3.63) is 30.1 Å². The number of halogens is 1. The lowest BCUT2D eigenvalue weighted by atomic mass is 9.99. The highest BCUT2D eigenvalue weighted by Crippen LogP contribution is 2.24. The van der Waals surface area contributed by atoms with Crippen LogP contribution in [0.1, 0.15) is 12.8 Å². The van der Waals surface area contributed by atoms with Gasteiger partial charge in [-0.25, -0.2) is 17.8 Å². The number of hydrazine groups is 1. The first-order valence-electron chi connectivity index (χ1n) is 8.99. The lowest BCUT2D eigenvalue weighted by Gasteiger charge is -2.34. The van der Waals surface area contributed by atoms with E-state index in [1.807, 2.05) is 5.01 Å². The Labute approximate surface area is 153 Å². The van der Waals surface area contributed by atoms with Crippen molar-refractivity contribution >= 4 is 15.9 Å². The van der Waals surface area contributed by atoms with Crippen molar-refractivity contribution in [3.8, 4) is 0 Å². The minimum Gasteiger partial charge on any atom is -0.335 e. The van der Waals surface area contributed by atoms with Gasteiger partial charge in [0.25, 0.3) is 0 Å². The average molecular weight is 385 g/mol. The highest BCUT2D eigenvalue weighted by molar-refractivity contribution is 7.89. The van der Waals surface area contributed by atoms with Crippen LogP contribution in [0.15, 0.2) is 29.2 Å². The lowest BCUT2D eigenvalue weighted by Crippen LogP contribution is -3.12. The number of piperazine rings is 1. The molecule has 0 aliphatic carbocycles. The Morgan fingerprint density at radius 1 is 1.19 bits per heavy atom. The second kappa shape index (κ2) is 7.99. The Morgan fingerprint density at radius 2 is 1.85 bits per heavy atom. The molecule has 1 aromatic carbocycles. The summed E-state index contributed by atoms with van der Waals surface area (Å²) in [4.78, 5) is 14.1. The third-order valence-electron chi connectivity index (χ3n) is 5.09. The zero-order chi connectivity index (χ0) is 18.7. The number of amides is 1. The number of benzene rings is 1. The summed E-state index contributed by atoms with van der Waals surface area (Å²) in [6.45, 7) is 4.06. The fourth-order valence-electron chi connectivity index (χ4n) is 3.38. The maximum absolute atomic E-state index is 13.1. The smallest absolute Gasteiger partial charge is 0.243 e. The van der Waals surface area contributed by atoms with Gasteiger partial charge in [-0.15, -0.1) is 0 Å². The average Bonchev–Trinajstić information content (AvgIpc) is 2.64. The number of sulfonamides is 1. The van der Waals surface area contributed by atoms with Gasteiger partial charge < -0.3 is 4.90 Å². The summed E-state index contributed by atoms with van der Waals surface area (Å²) >= 11 is 0. The van der Waals surface area contributed by atoms with Crippen LogP contribution in [0.2, 0.25) is 0 Å². The van der Waals surface area contributed by atoms with Crippen molar-refractivity contribution in [3.63, 3.8) is 0 Å². The van der Waals surface area contributed by atoms with Gasteiger partial charge in [0.1, 0.15) is 5.82 Å². The van der Waals surface area contributed by atoms with Gasteiger partial charge in [0.2, 0.25) is 15.9 Å². The molecule has 26 heavy (non-hydrogen) atoms. The topological polar surface area (TPSA) is 74.2 Å². The summed E-state index contributed by atoms with van der Waals surface area (Å²) in [5.41, 5.74) is 2.94. The Balaban J connectivity index is 1.63. The summed E-state index contributed by atoms with van der Waals surface area (Å²) in [6.07, 6.45) is 1.30. The second-order valence-electron chi connectivity index (χ2n) is 7.08. The van der Waals surface area contributed by atoms with Crippen LogP contribution in [0, 0.1) is 11.7 Å². The summed E-state index contributed by atoms with van der Waals surface area (Å²) < 4.78 is 39.9. The van der Waals surface area contributed by atoms with E-state index in [4.69, 9.17) is 0 Å². The number of hydrogen-bond donors (Lipinski definition) is 2. The number of nitrogens with zero attached hydrogens (tertiary/aromatic N) is 2. The third-order valence-corrected chi connectivity index (χ3v) is 6.97. The molecule has 1 aromatic rings. The van der Waals surface area contributed by atoms with Crippen LogP contribution in [0.3, 0.4) is 0 Å². The van der Waals surface area contributed by atoms with E-state index in [9.17, 15) is 17.6 Å². The predicted molar refractivity (Wildman–Crippen MR) is 94.2 cm³/mol. The van der Waals surface area contributed by atoms with Crippen LogP contribution in [0.25, 0.3) is 0 Å². The summed E-state index contributed by atoms with van der Waals surface area (Å²) in [6, 6.07) is 4.80. The molecular weight excluding hydrogens is 359 g/mol. The third kappa shape index (κ3) is 4.40. The van der Waals surface area contributed by atoms with Gasteiger partial charge in [0.05, 0.1) is 44.0 Å². The van der Waals surface area contributed by atoms with Crippen LogP contribution in [0.5, 0.6) is 0 Å². The molecule has 2 aliphatic heterocycles. The Hall–Kier alpha value is -1.55. The van der Waals surface area contributed by atoms with E-state index >= 15 is 0 Å². The zero-order valence-corrected chi connectivity index (χ0v) is 15.8. The van der Waals surface area contributed by atoms with E-state index in [0.29, 0.717) is 19.4 Å². The van der Waals surface area contributed by atoms with E-state index < -0.39 is 15.8 Å². The van der Waals surface area contributed by atoms with E-state index in [2.05, 4.69) is 12.5 Å². The molecule has 7 nitrogen and oxygen atoms in total. The standard InChI is InChI=1S/C17H25FN4O3S/c1-20-9-11-21(12-10-20)19-17(23)14-3-2-8-22(13-14)26(24,25)16-6-4-15(18)5-7-16/h4-7,14H,2-3,8-13H2,1H3,(H,19,23)/p+1/t14-/m1/s1. The first kappa shape index (κ1) is 19.2. The van der Waals surface area contributed by atoms with E-state index in [1.165, 1.54) is 21.3 Å². The van der Waals surface area contributed by atoms with Gasteiger partial charge in [-0.05, 0) is 37.1 Å². The van der Waals surface area contributed by atoms with Crippen molar-refractivity contribution < 1.29 is 22.5 Å². The monoisotopic (exact) mass is 385 g/mol. The van der Waals surface area contributed by atoms with E-state index in [1.54, 1.807) is 0 Å². The van der Waals surface area contributed by atoms with Crippen LogP contribution >= 0.6 is 0 Å². The van der Waals surface area contributed by atoms with Crippen molar-refractivity contribution in [2.24, 2.45) is 5.92 Å². The summed E-state index contributed by atoms with van der Waals surface area (Å²) in [7, 11) is -1.59. The maximum atomic E-state index is 13.1. The Kier molecular flexibility index (Phi) is 5.91. The fraction of sp³-hybridized carbons (Fsp3) is 0.588.